The average Bonchev–Trinajstić information content (AvgIpc) is 2.66. The fourth-order valence-electron chi connectivity index (χ4n) is 2.01. The predicted molar refractivity (Wildman–Crippen MR) is 61.9 cm³/mol. The van der Waals surface area contributed by atoms with E-state index in [2.05, 4.69) is 6.58 Å². The van der Waals surface area contributed by atoms with Crippen LogP contribution in [0.15, 0.2) is 12.7 Å². The van der Waals surface area contributed by atoms with Crippen molar-refractivity contribution in [2.24, 2.45) is 0 Å². The Morgan fingerprint density at radius 3 is 2.87 bits per heavy atom. The van der Waals surface area contributed by atoms with Gasteiger partial charge in [0.05, 0.1) is 0 Å². The zero-order chi connectivity index (χ0) is 11.1. The summed E-state index contributed by atoms with van der Waals surface area (Å²) in [6, 6.07) is 0. The van der Waals surface area contributed by atoms with E-state index in [1.165, 1.54) is 0 Å². The van der Waals surface area contributed by atoms with Gasteiger partial charge in [-0.05, 0) is 39.0 Å². The second-order valence-electron chi connectivity index (χ2n) is 4.49. The van der Waals surface area contributed by atoms with Gasteiger partial charge in [0.2, 0.25) is 0 Å². The lowest BCUT2D eigenvalue weighted by Crippen LogP contribution is -2.34. The van der Waals surface area contributed by atoms with Crippen molar-refractivity contribution in [3.63, 3.8) is 0 Å². The Balaban J connectivity index is 2.15. The average molecular weight is 210 g/mol. The number of ether oxygens (including phenoxy) is 1. The highest BCUT2D eigenvalue weighted by Crippen LogP contribution is 2.27. The van der Waals surface area contributed by atoms with Gasteiger partial charge in [-0.25, -0.2) is 0 Å². The van der Waals surface area contributed by atoms with Crippen molar-refractivity contribution in [1.82, 2.24) is 0 Å². The van der Waals surface area contributed by atoms with Crippen molar-refractivity contribution in [1.29, 1.82) is 0 Å². The lowest BCUT2D eigenvalue weighted by molar-refractivity contribution is -0.137. The highest BCUT2D eigenvalue weighted by Gasteiger charge is 2.36. The second kappa shape index (κ2) is 6.06. The summed E-state index contributed by atoms with van der Waals surface area (Å²) in [7, 11) is 0. The number of carbonyl (C=O) groups excluding carboxylic acids is 1. The van der Waals surface area contributed by atoms with E-state index in [-0.39, 0.29) is 0 Å². The molecular formula is C13H22O2. The maximum absolute atomic E-state index is 11.9. The van der Waals surface area contributed by atoms with Crippen LogP contribution in [-0.2, 0) is 9.53 Å². The van der Waals surface area contributed by atoms with Crippen molar-refractivity contribution < 1.29 is 9.53 Å². The third-order valence-corrected chi connectivity index (χ3v) is 3.12. The lowest BCUT2D eigenvalue weighted by Gasteiger charge is -2.21. The molecule has 1 saturated heterocycles. The quantitative estimate of drug-likeness (QED) is 0.476. The Kier molecular flexibility index (Phi) is 5.03. The Hall–Kier alpha value is -0.630. The van der Waals surface area contributed by atoms with Crippen LogP contribution in [0.5, 0.6) is 0 Å². The number of allylic oxidation sites excluding steroid dienone is 1. The molecule has 86 valence electrons. The van der Waals surface area contributed by atoms with Crippen LogP contribution in [0.3, 0.4) is 0 Å². The normalized spacial score (nSPS) is 25.4. The summed E-state index contributed by atoms with van der Waals surface area (Å²) in [4.78, 5) is 11.9. The Morgan fingerprint density at radius 1 is 1.47 bits per heavy atom. The van der Waals surface area contributed by atoms with Gasteiger partial charge in [-0.15, -0.1) is 6.58 Å². The molecule has 1 fully saturated rings. The summed E-state index contributed by atoms with van der Waals surface area (Å²) in [6.45, 7) is 6.37. The first-order chi connectivity index (χ1) is 7.19. The molecule has 0 radical (unpaired) electrons. The molecule has 0 amide bonds. The topological polar surface area (TPSA) is 26.3 Å². The first-order valence-electron chi connectivity index (χ1n) is 5.97. The molecule has 15 heavy (non-hydrogen) atoms. The maximum atomic E-state index is 11.9. The molecule has 1 aliphatic heterocycles. The van der Waals surface area contributed by atoms with E-state index in [0.29, 0.717) is 12.2 Å². The van der Waals surface area contributed by atoms with Gasteiger partial charge < -0.3 is 4.74 Å². The highest BCUT2D eigenvalue weighted by molar-refractivity contribution is 5.87. The van der Waals surface area contributed by atoms with Crippen molar-refractivity contribution in [2.45, 2.75) is 57.5 Å². The predicted octanol–water partition coefficient (Wildman–Crippen LogP) is 3.26. The third-order valence-electron chi connectivity index (χ3n) is 3.12. The van der Waals surface area contributed by atoms with Gasteiger partial charge in [0.15, 0.2) is 5.78 Å². The fourth-order valence-corrected chi connectivity index (χ4v) is 2.01. The van der Waals surface area contributed by atoms with Crippen molar-refractivity contribution in [3.05, 3.63) is 12.7 Å². The molecule has 0 N–H and O–H groups in total. The zero-order valence-electron chi connectivity index (χ0n) is 9.76. The third kappa shape index (κ3) is 3.78. The number of hydrogen-bond donors (Lipinski definition) is 0. The summed E-state index contributed by atoms with van der Waals surface area (Å²) in [5.74, 6) is 0.290. The van der Waals surface area contributed by atoms with Crippen molar-refractivity contribution >= 4 is 5.78 Å². The van der Waals surface area contributed by atoms with Crippen LogP contribution in [-0.4, -0.2) is 18.0 Å². The van der Waals surface area contributed by atoms with Crippen LogP contribution in [0, 0.1) is 0 Å². The first kappa shape index (κ1) is 12.4. The number of Topliss-reactive ketones (excluding diaryl/α,β-unsaturated/α-hetero) is 1. The standard InChI is InChI=1S/C13H22O2/c1-3-4-5-6-7-9-12(14)13(2)10-8-11-15-13/h3H,1,4-11H2,2H3. The molecule has 0 spiro atoms. The first-order valence-corrected chi connectivity index (χ1v) is 5.97. The molecule has 0 bridgehead atoms. The van der Waals surface area contributed by atoms with E-state index in [4.69, 9.17) is 4.74 Å². The van der Waals surface area contributed by atoms with E-state index in [1.807, 2.05) is 13.0 Å². The van der Waals surface area contributed by atoms with Crippen LogP contribution in [0.25, 0.3) is 0 Å². The van der Waals surface area contributed by atoms with E-state index >= 15 is 0 Å². The Morgan fingerprint density at radius 2 is 2.27 bits per heavy atom. The summed E-state index contributed by atoms with van der Waals surface area (Å²) in [5.41, 5.74) is -0.460. The number of rotatable bonds is 7. The molecule has 0 aromatic rings. The van der Waals surface area contributed by atoms with Crippen LogP contribution < -0.4 is 0 Å². The van der Waals surface area contributed by atoms with Gasteiger partial charge in [-0.2, -0.15) is 0 Å². The Bertz CT molecular complexity index is 215. The van der Waals surface area contributed by atoms with Gasteiger partial charge >= 0.3 is 0 Å². The summed E-state index contributed by atoms with van der Waals surface area (Å²) >= 11 is 0. The molecule has 1 rings (SSSR count). The van der Waals surface area contributed by atoms with Gasteiger partial charge in [0, 0.05) is 13.0 Å². The number of ketones is 1. The summed E-state index contributed by atoms with van der Waals surface area (Å²) < 4.78 is 5.51. The number of hydrogen-bond acceptors (Lipinski definition) is 2. The van der Waals surface area contributed by atoms with Crippen molar-refractivity contribution in [2.75, 3.05) is 6.61 Å². The molecule has 0 aliphatic carbocycles. The van der Waals surface area contributed by atoms with E-state index < -0.39 is 5.60 Å². The smallest absolute Gasteiger partial charge is 0.164 e. The largest absolute Gasteiger partial charge is 0.368 e. The SMILES string of the molecule is C=CCCCCCC(=O)C1(C)CCCO1. The van der Waals surface area contributed by atoms with Gasteiger partial charge in [0.1, 0.15) is 5.60 Å². The van der Waals surface area contributed by atoms with E-state index in [9.17, 15) is 4.79 Å². The lowest BCUT2D eigenvalue weighted by atomic mass is 9.93. The summed E-state index contributed by atoms with van der Waals surface area (Å²) in [5, 5.41) is 0. The molecule has 1 heterocycles. The van der Waals surface area contributed by atoms with Gasteiger partial charge in [-0.3, -0.25) is 4.79 Å². The minimum atomic E-state index is -0.460. The van der Waals surface area contributed by atoms with E-state index in [0.717, 1.165) is 45.1 Å². The highest BCUT2D eigenvalue weighted by atomic mass is 16.5. The van der Waals surface area contributed by atoms with Gasteiger partial charge in [0.25, 0.3) is 0 Å². The number of carbonyl (C=O) groups is 1. The molecule has 1 aliphatic rings. The monoisotopic (exact) mass is 210 g/mol. The molecule has 2 heteroatoms. The second-order valence-corrected chi connectivity index (χ2v) is 4.49. The fraction of sp³-hybridized carbons (Fsp3) is 0.769. The molecule has 0 aromatic heterocycles. The molecule has 0 aromatic carbocycles. The number of unbranched alkanes of at least 4 members (excludes halogenated alkanes) is 3. The molecule has 0 saturated carbocycles. The van der Waals surface area contributed by atoms with Crippen LogP contribution >= 0.6 is 0 Å². The molecule has 1 atom stereocenters. The van der Waals surface area contributed by atoms with Crippen LogP contribution in [0.1, 0.15) is 51.9 Å². The minimum absolute atomic E-state index is 0.290. The van der Waals surface area contributed by atoms with E-state index in [1.54, 1.807) is 0 Å². The Labute approximate surface area is 92.7 Å². The summed E-state index contributed by atoms with van der Waals surface area (Å²) in [6.07, 6.45) is 8.85. The molecule has 1 unspecified atom stereocenters. The van der Waals surface area contributed by atoms with Crippen LogP contribution in [0.2, 0.25) is 0 Å². The minimum Gasteiger partial charge on any atom is -0.368 e. The molecule has 2 nitrogen and oxygen atoms in total. The van der Waals surface area contributed by atoms with Gasteiger partial charge in [-0.1, -0.05) is 12.5 Å². The maximum Gasteiger partial charge on any atom is 0.164 e. The molecular weight excluding hydrogens is 188 g/mol. The van der Waals surface area contributed by atoms with Crippen LogP contribution in [0.4, 0.5) is 0 Å². The van der Waals surface area contributed by atoms with Crippen molar-refractivity contribution in [3.8, 4) is 0 Å². The zero-order valence-corrected chi connectivity index (χ0v) is 9.76.